The Morgan fingerprint density at radius 3 is 1.44 bits per heavy atom. The number of aromatic nitrogens is 8. The first-order valence-electron chi connectivity index (χ1n) is 30.4. The number of likely N-dealkylation sites (N-methyl/N-ethyl adjacent to an activating group) is 2. The molecular weight excluding hydrogens is 1240 g/mol. The molecule has 6 fully saturated rings. The van der Waals surface area contributed by atoms with E-state index in [2.05, 4.69) is 86.7 Å². The van der Waals surface area contributed by atoms with Crippen LogP contribution in [0.3, 0.4) is 0 Å². The predicted molar refractivity (Wildman–Crippen MR) is 354 cm³/mol. The average Bonchev–Trinajstić information content (AvgIpc) is 2.50. The number of carbonyl (C=O) groups is 3. The molecule has 0 spiro atoms. The fourth-order valence-electron chi connectivity index (χ4n) is 13.1. The minimum absolute atomic E-state index is 0.0773. The van der Waals surface area contributed by atoms with Gasteiger partial charge in [-0.3, -0.25) is 35.0 Å². The summed E-state index contributed by atoms with van der Waals surface area (Å²) in [6, 6.07) is 16.6. The van der Waals surface area contributed by atoms with E-state index >= 15 is 0 Å². The van der Waals surface area contributed by atoms with E-state index in [9.17, 15) is 22.8 Å². The van der Waals surface area contributed by atoms with Crippen molar-refractivity contribution in [3.63, 3.8) is 0 Å². The van der Waals surface area contributed by atoms with Crippen LogP contribution < -0.4 is 30.1 Å². The minimum atomic E-state index is -3.11. The maximum atomic E-state index is 12.1. The van der Waals surface area contributed by atoms with Crippen LogP contribution in [0, 0.1) is 0 Å². The van der Waals surface area contributed by atoms with Crippen LogP contribution in [-0.4, -0.2) is 235 Å². The van der Waals surface area contributed by atoms with Crippen molar-refractivity contribution in [3.8, 4) is 0 Å². The predicted octanol–water partition coefficient (Wildman–Crippen LogP) is 7.79. The number of hydrogen-bond acceptors (Lipinski definition) is 14. The molecule has 14 rings (SSSR count). The SMILES string of the molecule is CN1CCN(C2CCN(c3cc(Cl)cc4[nH]ncc34)CC2)C1=O.CNC(=O)CN1CCC(c2cc(Cl)cc3[nH]ncc23)CC1.CS(=O)(=O)NCCN1CCN(c2cc(Cl)cc3[nH]ncc23)CC1.O=C1NCCN1C1CCN(c2cc(Cl)cc3[nH]ncc23)CC1. The highest BCUT2D eigenvalue weighted by molar-refractivity contribution is 7.88. The molecule has 7 N–H and O–H groups in total. The van der Waals surface area contributed by atoms with Crippen molar-refractivity contribution in [2.75, 3.05) is 146 Å². The molecule has 10 heterocycles. The highest BCUT2D eigenvalue weighted by atomic mass is 35.5. The second-order valence-electron chi connectivity index (χ2n) is 23.6. The molecule has 0 atom stereocenters. The van der Waals surface area contributed by atoms with Gasteiger partial charge < -0.3 is 40.0 Å². The lowest BCUT2D eigenvalue weighted by molar-refractivity contribution is -0.122. The molecule has 4 aromatic heterocycles. The molecule has 0 aliphatic carbocycles. The minimum Gasteiger partial charge on any atom is -0.371 e. The smallest absolute Gasteiger partial charge is 0.320 e. The number of nitrogens with one attached hydrogen (secondary N) is 7. The third-order valence-electron chi connectivity index (χ3n) is 17.9. The quantitative estimate of drug-likeness (QED) is 0.0616. The van der Waals surface area contributed by atoms with Crippen LogP contribution in [0.4, 0.5) is 26.7 Å². The number of aromatic amines is 4. The van der Waals surface area contributed by atoms with E-state index in [-0.39, 0.29) is 18.0 Å². The van der Waals surface area contributed by atoms with Crippen LogP contribution in [0.15, 0.2) is 73.3 Å². The zero-order valence-corrected chi connectivity index (χ0v) is 54.1. The lowest BCUT2D eigenvalue weighted by Gasteiger charge is -2.37. The maximum absolute atomic E-state index is 12.1. The second kappa shape index (κ2) is 28.5. The van der Waals surface area contributed by atoms with Gasteiger partial charge in [0.1, 0.15) is 0 Å². The van der Waals surface area contributed by atoms with E-state index in [1.54, 1.807) is 11.9 Å². The monoisotopic (exact) mass is 1320 g/mol. The van der Waals surface area contributed by atoms with Gasteiger partial charge in [0.15, 0.2) is 0 Å². The molecule has 0 bridgehead atoms. The number of fused-ring (bicyclic) bond motifs is 4. The highest BCUT2D eigenvalue weighted by Gasteiger charge is 2.35. The topological polar surface area (TPSA) is 262 Å². The highest BCUT2D eigenvalue weighted by Crippen LogP contribution is 2.37. The van der Waals surface area contributed by atoms with E-state index in [1.807, 2.05) is 84.1 Å². The average molecular weight is 1320 g/mol. The summed E-state index contributed by atoms with van der Waals surface area (Å²) < 4.78 is 24.7. The summed E-state index contributed by atoms with van der Waals surface area (Å²) >= 11 is 24.8. The largest absolute Gasteiger partial charge is 0.371 e. The number of amides is 5. The van der Waals surface area contributed by atoms with Crippen molar-refractivity contribution < 1.29 is 22.8 Å². The van der Waals surface area contributed by atoms with E-state index < -0.39 is 10.0 Å². The molecule has 6 saturated heterocycles. The zero-order chi connectivity index (χ0) is 62.3. The molecule has 476 valence electrons. The lowest BCUT2D eigenvalue weighted by atomic mass is 9.87. The Bertz CT molecular complexity index is 3870. The standard InChI is InChI=1S/C16H20ClN5O.C15H18ClN5O.C15H19ClN4O.C14H20ClN5O2S/c1-20-6-7-22(16(20)23)12-2-4-21(5-3-12)15-9-11(17)8-14-13(15)10-18-19-14;16-10-7-13-12(9-18-19-13)14(8-10)20-4-1-11(2-5-20)21-6-3-17-15(21)22;1-17-15(21)9-20-4-2-10(3-5-20)12-6-11(16)7-14-13(12)8-18-19-14;1-23(21,22)17-2-3-19-4-6-20(7-5-19)14-9-11(15)8-13-12(14)10-16-18-13/h8-10,12H,2-7H2,1H3,(H,18,19);7-9,11H,1-6H2,(H,17,22)(H,18,19);6-8,10H,2-5,9H2,1H3,(H,17,21)(H,18,19);8-10,17H,2-7H2,1H3,(H,16,18). The van der Waals surface area contributed by atoms with Gasteiger partial charge in [-0.05, 0) is 112 Å². The van der Waals surface area contributed by atoms with Crippen LogP contribution >= 0.6 is 46.4 Å². The molecule has 0 radical (unpaired) electrons. The maximum Gasteiger partial charge on any atom is 0.320 e. The van der Waals surface area contributed by atoms with Gasteiger partial charge in [0.05, 0.1) is 59.7 Å². The summed E-state index contributed by atoms with van der Waals surface area (Å²) in [5, 5.41) is 41.2. The van der Waals surface area contributed by atoms with E-state index in [0.717, 1.165) is 207 Å². The Labute approximate surface area is 537 Å². The van der Waals surface area contributed by atoms with Gasteiger partial charge in [0, 0.05) is 177 Å². The molecule has 29 heteroatoms. The van der Waals surface area contributed by atoms with Gasteiger partial charge in [0.2, 0.25) is 15.9 Å². The summed E-state index contributed by atoms with van der Waals surface area (Å²) in [6.07, 6.45) is 14.6. The molecule has 6 aliphatic heterocycles. The van der Waals surface area contributed by atoms with Crippen molar-refractivity contribution in [2.24, 2.45) is 0 Å². The van der Waals surface area contributed by atoms with Gasteiger partial charge in [0.25, 0.3) is 0 Å². The van der Waals surface area contributed by atoms with E-state index in [1.165, 1.54) is 11.8 Å². The number of nitrogens with zero attached hydrogens (tertiary/aromatic N) is 12. The first-order chi connectivity index (χ1) is 42.9. The van der Waals surface area contributed by atoms with Crippen molar-refractivity contribution in [1.82, 2.24) is 80.6 Å². The van der Waals surface area contributed by atoms with Crippen molar-refractivity contribution in [1.29, 1.82) is 0 Å². The van der Waals surface area contributed by atoms with Crippen molar-refractivity contribution in [2.45, 2.75) is 56.5 Å². The zero-order valence-electron chi connectivity index (χ0n) is 50.3. The number of sulfonamides is 1. The Morgan fingerprint density at radius 2 is 1.00 bits per heavy atom. The van der Waals surface area contributed by atoms with Crippen LogP contribution in [0.25, 0.3) is 43.6 Å². The molecule has 24 nitrogen and oxygen atoms in total. The van der Waals surface area contributed by atoms with Crippen LogP contribution in [0.1, 0.15) is 50.0 Å². The van der Waals surface area contributed by atoms with Crippen LogP contribution in [-0.2, 0) is 14.8 Å². The summed E-state index contributed by atoms with van der Waals surface area (Å²) in [4.78, 5) is 52.6. The van der Waals surface area contributed by atoms with Gasteiger partial charge in [-0.2, -0.15) is 20.4 Å². The van der Waals surface area contributed by atoms with Crippen LogP contribution in [0.5, 0.6) is 0 Å². The fourth-order valence-corrected chi connectivity index (χ4v) is 14.4. The number of piperidine rings is 3. The molecular formula is C60H77Cl4N19O5S. The summed E-state index contributed by atoms with van der Waals surface area (Å²) in [5.74, 6) is 0.554. The van der Waals surface area contributed by atoms with Crippen LogP contribution in [0.2, 0.25) is 20.1 Å². The molecule has 5 amide bonds. The van der Waals surface area contributed by atoms with Gasteiger partial charge in [-0.1, -0.05) is 46.4 Å². The van der Waals surface area contributed by atoms with Gasteiger partial charge in [-0.15, -0.1) is 0 Å². The molecule has 0 saturated carbocycles. The first-order valence-corrected chi connectivity index (χ1v) is 33.8. The summed E-state index contributed by atoms with van der Waals surface area (Å²) in [7, 11) is 0.438. The summed E-state index contributed by atoms with van der Waals surface area (Å²) in [5.41, 5.74) is 8.47. The van der Waals surface area contributed by atoms with Crippen molar-refractivity contribution in [3.05, 3.63) is 99.0 Å². The number of benzene rings is 4. The van der Waals surface area contributed by atoms with E-state index in [0.29, 0.717) is 41.1 Å². The molecule has 4 aromatic carbocycles. The number of urea groups is 2. The van der Waals surface area contributed by atoms with Crippen molar-refractivity contribution >= 4 is 135 Å². The third-order valence-corrected chi connectivity index (χ3v) is 19.5. The third kappa shape index (κ3) is 15.5. The van der Waals surface area contributed by atoms with Gasteiger partial charge in [-0.25, -0.2) is 22.7 Å². The fraction of sp³-hybridized carbons (Fsp3) is 0.483. The Hall–Kier alpha value is -6.84. The molecule has 8 aromatic rings. The first kappa shape index (κ1) is 63.7. The summed E-state index contributed by atoms with van der Waals surface area (Å²) in [6.45, 7) is 14.0. The number of piperazine rings is 1. The Balaban J connectivity index is 0.000000122. The number of anilines is 3. The van der Waals surface area contributed by atoms with Gasteiger partial charge >= 0.3 is 12.1 Å². The molecule has 89 heavy (non-hydrogen) atoms. The molecule has 6 aliphatic rings. The normalized spacial score (nSPS) is 18.6. The number of carbonyl (C=O) groups excluding carboxylic acids is 3. The number of H-pyrrole nitrogens is 4. The molecule has 0 unspecified atom stereocenters. The number of likely N-dealkylation sites (tertiary alicyclic amines) is 1. The number of rotatable bonds is 12. The lowest BCUT2D eigenvalue weighted by Crippen LogP contribution is -2.48. The second-order valence-corrected chi connectivity index (χ2v) is 27.2. The number of halogens is 4. The number of hydrogen-bond donors (Lipinski definition) is 7. The Morgan fingerprint density at radius 1 is 0.551 bits per heavy atom. The van der Waals surface area contributed by atoms with E-state index in [4.69, 9.17) is 46.4 Å². The Kier molecular flexibility index (Phi) is 20.4.